The summed E-state index contributed by atoms with van der Waals surface area (Å²) < 4.78 is 9.55. The minimum absolute atomic E-state index is 0.00116. The molecular formula is C14H20ClNO4. The van der Waals surface area contributed by atoms with E-state index in [4.69, 9.17) is 16.3 Å². The Balaban J connectivity index is 0.000000204. The monoisotopic (exact) mass is 301 g/mol. The molecule has 6 heteroatoms. The summed E-state index contributed by atoms with van der Waals surface area (Å²) in [4.78, 5) is 10.2. The SMILES string of the molecule is CO[C@@H]1CNCC[C@H]1O.O=C(Cl)OCc1ccccc1. The number of aliphatic hydroxyl groups excluding tert-OH is 1. The van der Waals surface area contributed by atoms with Crippen LogP contribution in [0, 0.1) is 0 Å². The van der Waals surface area contributed by atoms with E-state index in [9.17, 15) is 9.90 Å². The van der Waals surface area contributed by atoms with Gasteiger partial charge in [0.25, 0.3) is 0 Å². The molecule has 1 fully saturated rings. The van der Waals surface area contributed by atoms with E-state index < -0.39 is 5.43 Å². The largest absolute Gasteiger partial charge is 0.449 e. The minimum atomic E-state index is -0.770. The molecule has 1 aliphatic rings. The lowest BCUT2D eigenvalue weighted by molar-refractivity contribution is -0.0273. The highest BCUT2D eigenvalue weighted by molar-refractivity contribution is 6.61. The van der Waals surface area contributed by atoms with Gasteiger partial charge in [-0.05, 0) is 18.5 Å². The topological polar surface area (TPSA) is 67.8 Å². The van der Waals surface area contributed by atoms with E-state index in [-0.39, 0.29) is 18.8 Å². The van der Waals surface area contributed by atoms with E-state index >= 15 is 0 Å². The average Bonchev–Trinajstić information content (AvgIpc) is 2.47. The van der Waals surface area contributed by atoms with Crippen LogP contribution in [0.4, 0.5) is 4.79 Å². The number of hydrogen-bond acceptors (Lipinski definition) is 5. The van der Waals surface area contributed by atoms with Crippen LogP contribution >= 0.6 is 11.6 Å². The Morgan fingerprint density at radius 2 is 2.15 bits per heavy atom. The van der Waals surface area contributed by atoms with Gasteiger partial charge in [0.2, 0.25) is 0 Å². The van der Waals surface area contributed by atoms with Gasteiger partial charge in [0.1, 0.15) is 6.61 Å². The van der Waals surface area contributed by atoms with Crippen molar-refractivity contribution in [1.82, 2.24) is 5.32 Å². The number of rotatable bonds is 3. The Hall–Kier alpha value is -1.14. The van der Waals surface area contributed by atoms with Gasteiger partial charge in [-0.25, -0.2) is 4.79 Å². The summed E-state index contributed by atoms with van der Waals surface area (Å²) in [6.45, 7) is 1.92. The van der Waals surface area contributed by atoms with Crippen molar-refractivity contribution in [3.8, 4) is 0 Å². The minimum Gasteiger partial charge on any atom is -0.449 e. The van der Waals surface area contributed by atoms with Crippen molar-refractivity contribution in [3.63, 3.8) is 0 Å². The number of methoxy groups -OCH3 is 1. The summed E-state index contributed by atoms with van der Waals surface area (Å²) in [6, 6.07) is 9.36. The van der Waals surface area contributed by atoms with Crippen molar-refractivity contribution in [3.05, 3.63) is 35.9 Å². The first kappa shape index (κ1) is 16.9. The summed E-state index contributed by atoms with van der Waals surface area (Å²) >= 11 is 4.97. The lowest BCUT2D eigenvalue weighted by atomic mass is 10.1. The first-order valence-electron chi connectivity index (χ1n) is 6.41. The van der Waals surface area contributed by atoms with Crippen LogP contribution < -0.4 is 5.32 Å². The molecular weight excluding hydrogens is 282 g/mol. The van der Waals surface area contributed by atoms with E-state index in [0.29, 0.717) is 0 Å². The molecule has 0 bridgehead atoms. The van der Waals surface area contributed by atoms with Crippen LogP contribution in [0.5, 0.6) is 0 Å². The molecule has 1 aromatic rings. The third-order valence-corrected chi connectivity index (χ3v) is 3.00. The van der Waals surface area contributed by atoms with Crippen molar-refractivity contribution < 1.29 is 19.4 Å². The Labute approximate surface area is 123 Å². The first-order chi connectivity index (χ1) is 9.63. The van der Waals surface area contributed by atoms with Crippen molar-refractivity contribution in [2.75, 3.05) is 20.2 Å². The second kappa shape index (κ2) is 9.72. The maximum Gasteiger partial charge on any atom is 0.404 e. The fourth-order valence-electron chi connectivity index (χ4n) is 1.77. The number of ether oxygens (including phenoxy) is 2. The molecule has 112 valence electrons. The van der Waals surface area contributed by atoms with E-state index in [1.165, 1.54) is 0 Å². The molecule has 0 unspecified atom stereocenters. The van der Waals surface area contributed by atoms with Crippen LogP contribution in [-0.2, 0) is 16.1 Å². The molecule has 0 radical (unpaired) electrons. The van der Waals surface area contributed by atoms with Crippen LogP contribution in [-0.4, -0.2) is 42.9 Å². The fraction of sp³-hybridized carbons (Fsp3) is 0.500. The molecule has 2 atom stereocenters. The Morgan fingerprint density at radius 1 is 1.45 bits per heavy atom. The van der Waals surface area contributed by atoms with Crippen molar-refractivity contribution in [2.24, 2.45) is 0 Å². The summed E-state index contributed by atoms with van der Waals surface area (Å²) in [5.41, 5.74) is 0.162. The molecule has 2 N–H and O–H groups in total. The number of aliphatic hydroxyl groups is 1. The standard InChI is InChI=1S/C8H7ClO2.C6H13NO2/c9-8(10)11-6-7-4-2-1-3-5-7;1-9-6-4-7-3-2-5(6)8/h1-5H,6H2;5-8H,2-4H2,1H3/t;5-,6-/m.1/s1. The molecule has 0 aliphatic carbocycles. The predicted molar refractivity (Wildman–Crippen MR) is 76.8 cm³/mol. The van der Waals surface area contributed by atoms with Gasteiger partial charge in [0.05, 0.1) is 12.2 Å². The van der Waals surface area contributed by atoms with Crippen molar-refractivity contribution >= 4 is 17.0 Å². The highest BCUT2D eigenvalue weighted by Crippen LogP contribution is 2.05. The number of carbonyl (C=O) groups is 1. The first-order valence-corrected chi connectivity index (χ1v) is 6.79. The molecule has 0 amide bonds. The smallest absolute Gasteiger partial charge is 0.404 e. The molecule has 5 nitrogen and oxygen atoms in total. The van der Waals surface area contributed by atoms with E-state index in [2.05, 4.69) is 10.1 Å². The van der Waals surface area contributed by atoms with Crippen LogP contribution in [0.1, 0.15) is 12.0 Å². The molecule has 2 rings (SSSR count). The number of halogens is 1. The van der Waals surface area contributed by atoms with Crippen molar-refractivity contribution in [2.45, 2.75) is 25.2 Å². The van der Waals surface area contributed by atoms with E-state index in [0.717, 1.165) is 25.1 Å². The molecule has 0 saturated carbocycles. The summed E-state index contributed by atoms with van der Waals surface area (Å²) in [5.74, 6) is 0. The highest BCUT2D eigenvalue weighted by Gasteiger charge is 2.21. The van der Waals surface area contributed by atoms with Crippen LogP contribution in [0.15, 0.2) is 30.3 Å². The van der Waals surface area contributed by atoms with Gasteiger partial charge >= 0.3 is 5.43 Å². The Bertz CT molecular complexity index is 388. The molecule has 1 heterocycles. The van der Waals surface area contributed by atoms with Crippen molar-refractivity contribution in [1.29, 1.82) is 0 Å². The molecule has 1 aliphatic heterocycles. The number of benzene rings is 1. The molecule has 0 aromatic heterocycles. The van der Waals surface area contributed by atoms with E-state index in [1.807, 2.05) is 30.3 Å². The summed E-state index contributed by atoms with van der Waals surface area (Å²) in [6.07, 6.45) is 0.536. The van der Waals surface area contributed by atoms with Crippen LogP contribution in [0.2, 0.25) is 0 Å². The van der Waals surface area contributed by atoms with Gasteiger partial charge in [0, 0.05) is 25.3 Å². The van der Waals surface area contributed by atoms with E-state index in [1.54, 1.807) is 7.11 Å². The molecule has 1 aromatic carbocycles. The summed E-state index contributed by atoms with van der Waals surface area (Å²) in [7, 11) is 1.63. The highest BCUT2D eigenvalue weighted by atomic mass is 35.5. The zero-order valence-corrected chi connectivity index (χ0v) is 12.2. The van der Waals surface area contributed by atoms with Gasteiger partial charge in [-0.2, -0.15) is 0 Å². The number of nitrogens with one attached hydrogen (secondary N) is 1. The fourth-order valence-corrected chi connectivity index (χ4v) is 1.83. The second-order valence-electron chi connectivity index (χ2n) is 4.35. The van der Waals surface area contributed by atoms with Gasteiger partial charge in [-0.15, -0.1) is 0 Å². The van der Waals surface area contributed by atoms with Gasteiger partial charge in [-0.1, -0.05) is 30.3 Å². The van der Waals surface area contributed by atoms with Gasteiger partial charge in [-0.3, -0.25) is 0 Å². The third kappa shape index (κ3) is 6.86. The lowest BCUT2D eigenvalue weighted by Crippen LogP contribution is -2.44. The lowest BCUT2D eigenvalue weighted by Gasteiger charge is -2.26. The van der Waals surface area contributed by atoms with Crippen LogP contribution in [0.25, 0.3) is 0 Å². The van der Waals surface area contributed by atoms with Gasteiger partial charge in [0.15, 0.2) is 0 Å². The quantitative estimate of drug-likeness (QED) is 0.835. The Morgan fingerprint density at radius 3 is 2.65 bits per heavy atom. The third-order valence-electron chi connectivity index (χ3n) is 2.89. The zero-order chi connectivity index (χ0) is 14.8. The Kier molecular flexibility index (Phi) is 8.22. The maximum absolute atomic E-state index is 10.2. The maximum atomic E-state index is 10.2. The van der Waals surface area contributed by atoms with Crippen LogP contribution in [0.3, 0.4) is 0 Å². The normalized spacial score (nSPS) is 21.6. The van der Waals surface area contributed by atoms with Gasteiger partial charge < -0.3 is 19.9 Å². The number of hydrogen-bond donors (Lipinski definition) is 2. The number of piperidine rings is 1. The number of carbonyl (C=O) groups excluding carboxylic acids is 1. The second-order valence-corrected chi connectivity index (χ2v) is 4.65. The average molecular weight is 302 g/mol. The summed E-state index contributed by atoms with van der Waals surface area (Å²) in [5, 5.41) is 12.3. The predicted octanol–water partition coefficient (Wildman–Crippen LogP) is 1.92. The molecule has 1 saturated heterocycles. The molecule has 0 spiro atoms. The zero-order valence-electron chi connectivity index (χ0n) is 11.4. The molecule has 20 heavy (non-hydrogen) atoms.